The molecule has 1 amide bonds. The zero-order chi connectivity index (χ0) is 12.4. The average molecular weight is 239 g/mol. The Labute approximate surface area is 102 Å². The molecule has 0 aromatic carbocycles. The third-order valence-corrected chi connectivity index (χ3v) is 3.99. The van der Waals surface area contributed by atoms with Crippen molar-refractivity contribution in [1.29, 1.82) is 0 Å². The van der Waals surface area contributed by atoms with Crippen molar-refractivity contribution in [3.63, 3.8) is 0 Å². The lowest BCUT2D eigenvalue weighted by Crippen LogP contribution is -2.34. The molecule has 2 atom stereocenters. The molecular weight excluding hydrogens is 218 g/mol. The lowest BCUT2D eigenvalue weighted by atomic mass is 10.0. The second kappa shape index (κ2) is 5.07. The first-order valence-corrected chi connectivity index (χ1v) is 6.55. The number of carbonyl (C=O) groups is 2. The van der Waals surface area contributed by atoms with Gasteiger partial charge in [0, 0.05) is 13.0 Å². The Morgan fingerprint density at radius 2 is 1.82 bits per heavy atom. The molecule has 4 nitrogen and oxygen atoms in total. The maximum atomic E-state index is 12.1. The molecule has 96 valence electrons. The summed E-state index contributed by atoms with van der Waals surface area (Å²) in [4.78, 5) is 25.0. The number of carbonyl (C=O) groups excluding carboxylic acids is 2. The first kappa shape index (κ1) is 12.4. The fraction of sp³-hybridized carbons (Fsp3) is 0.846. The number of likely N-dealkylation sites (N-methyl/N-ethyl adjacent to an activating group) is 1. The van der Waals surface area contributed by atoms with E-state index in [1.54, 1.807) is 14.0 Å². The molecule has 0 aromatic rings. The Hall–Kier alpha value is -1.06. The number of hydrogen-bond acceptors (Lipinski definition) is 3. The average Bonchev–Trinajstić information content (AvgIpc) is 3.02. The van der Waals surface area contributed by atoms with Gasteiger partial charge in [-0.1, -0.05) is 12.8 Å². The van der Waals surface area contributed by atoms with Gasteiger partial charge in [-0.3, -0.25) is 9.59 Å². The highest BCUT2D eigenvalue weighted by Crippen LogP contribution is 2.55. The van der Waals surface area contributed by atoms with Crippen LogP contribution >= 0.6 is 0 Å². The highest BCUT2D eigenvalue weighted by molar-refractivity contribution is 5.85. The van der Waals surface area contributed by atoms with E-state index in [-0.39, 0.29) is 24.3 Å². The molecule has 0 aromatic heterocycles. The first-order chi connectivity index (χ1) is 8.15. The first-order valence-electron chi connectivity index (χ1n) is 6.55. The minimum atomic E-state index is -0.313. The van der Waals surface area contributed by atoms with Gasteiger partial charge in [0.1, 0.15) is 6.54 Å². The van der Waals surface area contributed by atoms with Gasteiger partial charge in [-0.05, 0) is 31.6 Å². The largest absolute Gasteiger partial charge is 0.465 e. The van der Waals surface area contributed by atoms with Gasteiger partial charge in [-0.15, -0.1) is 0 Å². The lowest BCUT2D eigenvalue weighted by Gasteiger charge is -2.16. The van der Waals surface area contributed by atoms with Crippen molar-refractivity contribution >= 4 is 11.9 Å². The summed E-state index contributed by atoms with van der Waals surface area (Å²) in [5.41, 5.74) is 0. The molecule has 0 N–H and O–H groups in total. The third-order valence-electron chi connectivity index (χ3n) is 3.99. The lowest BCUT2D eigenvalue weighted by molar-refractivity contribution is -0.148. The Morgan fingerprint density at radius 3 is 2.35 bits per heavy atom. The molecule has 2 aliphatic rings. The molecule has 2 rings (SSSR count). The topological polar surface area (TPSA) is 46.6 Å². The molecule has 0 saturated heterocycles. The maximum Gasteiger partial charge on any atom is 0.325 e. The fourth-order valence-electron chi connectivity index (χ4n) is 3.09. The zero-order valence-corrected chi connectivity index (χ0v) is 10.6. The molecule has 2 fully saturated rings. The van der Waals surface area contributed by atoms with E-state index < -0.39 is 0 Å². The summed E-state index contributed by atoms with van der Waals surface area (Å²) >= 11 is 0. The number of ether oxygens (including phenoxy) is 1. The van der Waals surface area contributed by atoms with Gasteiger partial charge in [-0.25, -0.2) is 0 Å². The third kappa shape index (κ3) is 2.61. The second-order valence-corrected chi connectivity index (χ2v) is 5.14. The summed E-state index contributed by atoms with van der Waals surface area (Å²) in [6.07, 6.45) is 4.89. The summed E-state index contributed by atoms with van der Waals surface area (Å²) in [5, 5.41) is 0. The van der Waals surface area contributed by atoms with Gasteiger partial charge in [0.25, 0.3) is 0 Å². The van der Waals surface area contributed by atoms with Crippen molar-refractivity contribution < 1.29 is 14.3 Å². The Bertz CT molecular complexity index is 304. The summed E-state index contributed by atoms with van der Waals surface area (Å²) in [6, 6.07) is 0. The number of nitrogens with zero attached hydrogens (tertiary/aromatic N) is 1. The highest BCUT2D eigenvalue weighted by atomic mass is 16.5. The van der Waals surface area contributed by atoms with Crippen LogP contribution in [0.3, 0.4) is 0 Å². The van der Waals surface area contributed by atoms with Gasteiger partial charge in [0.05, 0.1) is 6.61 Å². The van der Waals surface area contributed by atoms with Crippen LogP contribution in [0.25, 0.3) is 0 Å². The SMILES string of the molecule is CCOC(=O)CN(C)C(=O)C1C2CCCCC21. The highest BCUT2D eigenvalue weighted by Gasteiger charge is 2.55. The van der Waals surface area contributed by atoms with Crippen molar-refractivity contribution in [1.82, 2.24) is 4.90 Å². The van der Waals surface area contributed by atoms with Crippen molar-refractivity contribution in [3.05, 3.63) is 0 Å². The Kier molecular flexibility index (Phi) is 3.69. The molecule has 0 radical (unpaired) electrons. The minimum absolute atomic E-state index is 0.0859. The van der Waals surface area contributed by atoms with Gasteiger partial charge < -0.3 is 9.64 Å². The van der Waals surface area contributed by atoms with E-state index in [2.05, 4.69) is 0 Å². The fourth-order valence-corrected chi connectivity index (χ4v) is 3.09. The van der Waals surface area contributed by atoms with Crippen LogP contribution in [0.4, 0.5) is 0 Å². The van der Waals surface area contributed by atoms with E-state index in [0.29, 0.717) is 18.4 Å². The summed E-state index contributed by atoms with van der Waals surface area (Å²) in [6.45, 7) is 2.23. The van der Waals surface area contributed by atoms with E-state index in [0.717, 1.165) is 0 Å². The number of hydrogen-bond donors (Lipinski definition) is 0. The monoisotopic (exact) mass is 239 g/mol. The molecule has 0 aliphatic heterocycles. The van der Waals surface area contributed by atoms with E-state index in [4.69, 9.17) is 4.74 Å². The minimum Gasteiger partial charge on any atom is -0.465 e. The molecule has 4 heteroatoms. The molecular formula is C13H21NO3. The van der Waals surface area contributed by atoms with Gasteiger partial charge >= 0.3 is 5.97 Å². The van der Waals surface area contributed by atoms with Crippen LogP contribution in [0.1, 0.15) is 32.6 Å². The molecule has 17 heavy (non-hydrogen) atoms. The van der Waals surface area contributed by atoms with E-state index in [9.17, 15) is 9.59 Å². The normalized spacial score (nSPS) is 30.4. The Morgan fingerprint density at radius 1 is 1.24 bits per heavy atom. The van der Waals surface area contributed by atoms with Crippen molar-refractivity contribution in [3.8, 4) is 0 Å². The van der Waals surface area contributed by atoms with Gasteiger partial charge in [0.15, 0.2) is 0 Å². The van der Waals surface area contributed by atoms with E-state index in [1.165, 1.54) is 30.6 Å². The Balaban J connectivity index is 1.82. The molecule has 2 saturated carbocycles. The number of amides is 1. The maximum absolute atomic E-state index is 12.1. The predicted octanol–water partition coefficient (Wildman–Crippen LogP) is 1.44. The summed E-state index contributed by atoms with van der Waals surface area (Å²) in [5.74, 6) is 1.21. The van der Waals surface area contributed by atoms with Crippen LogP contribution in [0.5, 0.6) is 0 Å². The quantitative estimate of drug-likeness (QED) is 0.697. The predicted molar refractivity (Wildman–Crippen MR) is 63.2 cm³/mol. The van der Waals surface area contributed by atoms with Crippen LogP contribution < -0.4 is 0 Å². The van der Waals surface area contributed by atoms with Crippen LogP contribution in [0.2, 0.25) is 0 Å². The van der Waals surface area contributed by atoms with Crippen LogP contribution in [-0.2, 0) is 14.3 Å². The standard InChI is InChI=1S/C13H21NO3/c1-3-17-11(15)8-14(2)13(16)12-9-6-4-5-7-10(9)12/h9-10,12H,3-8H2,1-2H3. The van der Waals surface area contributed by atoms with Crippen molar-refractivity contribution in [2.75, 3.05) is 20.2 Å². The van der Waals surface area contributed by atoms with Gasteiger partial charge in [-0.2, -0.15) is 0 Å². The summed E-state index contributed by atoms with van der Waals surface area (Å²) in [7, 11) is 1.70. The molecule has 0 bridgehead atoms. The van der Waals surface area contributed by atoms with E-state index >= 15 is 0 Å². The molecule has 0 heterocycles. The molecule has 0 spiro atoms. The smallest absolute Gasteiger partial charge is 0.325 e. The second-order valence-electron chi connectivity index (χ2n) is 5.14. The van der Waals surface area contributed by atoms with Crippen LogP contribution in [-0.4, -0.2) is 37.0 Å². The van der Waals surface area contributed by atoms with Gasteiger partial charge in [0.2, 0.25) is 5.91 Å². The zero-order valence-electron chi connectivity index (χ0n) is 10.6. The number of esters is 1. The van der Waals surface area contributed by atoms with E-state index in [1.807, 2.05) is 0 Å². The van der Waals surface area contributed by atoms with Crippen molar-refractivity contribution in [2.24, 2.45) is 17.8 Å². The summed E-state index contributed by atoms with van der Waals surface area (Å²) < 4.78 is 4.85. The molecule has 2 unspecified atom stereocenters. The van der Waals surface area contributed by atoms with Crippen LogP contribution in [0.15, 0.2) is 0 Å². The number of fused-ring (bicyclic) bond motifs is 1. The molecule has 2 aliphatic carbocycles. The van der Waals surface area contributed by atoms with Crippen molar-refractivity contribution in [2.45, 2.75) is 32.6 Å². The number of rotatable bonds is 4. The van der Waals surface area contributed by atoms with Crippen LogP contribution in [0, 0.1) is 17.8 Å².